The van der Waals surface area contributed by atoms with Crippen LogP contribution in [0.4, 0.5) is 4.79 Å². The van der Waals surface area contributed by atoms with Crippen molar-refractivity contribution in [1.82, 2.24) is 10.2 Å². The average molecular weight is 348 g/mol. The number of nitrogens with zero attached hydrogens (tertiary/aromatic N) is 1. The smallest absolute Gasteiger partial charge is 0.325 e. The van der Waals surface area contributed by atoms with Crippen molar-refractivity contribution >= 4 is 11.9 Å². The third-order valence-corrected chi connectivity index (χ3v) is 5.49. The minimum absolute atomic E-state index is 0.132. The van der Waals surface area contributed by atoms with Crippen LogP contribution in [0.2, 0.25) is 0 Å². The van der Waals surface area contributed by atoms with Crippen molar-refractivity contribution in [3.8, 4) is 0 Å². The van der Waals surface area contributed by atoms with Crippen LogP contribution < -0.4 is 5.32 Å². The van der Waals surface area contributed by atoms with Gasteiger partial charge in [-0.15, -0.1) is 0 Å². The molecular formula is C22H24N2O2. The van der Waals surface area contributed by atoms with Crippen LogP contribution in [0.5, 0.6) is 0 Å². The lowest BCUT2D eigenvalue weighted by Crippen LogP contribution is -2.31. The summed E-state index contributed by atoms with van der Waals surface area (Å²) in [5, 5.41) is 2.85. The summed E-state index contributed by atoms with van der Waals surface area (Å²) < 4.78 is 0. The minimum Gasteiger partial charge on any atom is -0.325 e. The number of carbonyl (C=O) groups excluding carboxylic acids is 2. The summed E-state index contributed by atoms with van der Waals surface area (Å²) in [6, 6.07) is 8.86. The Hall–Kier alpha value is -2.62. The molecule has 0 saturated carbocycles. The van der Waals surface area contributed by atoms with Crippen molar-refractivity contribution in [3.05, 3.63) is 71.8 Å². The molecule has 1 N–H and O–H groups in total. The fourth-order valence-corrected chi connectivity index (χ4v) is 4.08. The number of amides is 3. The van der Waals surface area contributed by atoms with Crippen LogP contribution in [-0.4, -0.2) is 22.9 Å². The van der Waals surface area contributed by atoms with E-state index in [9.17, 15) is 9.59 Å². The first-order valence-corrected chi connectivity index (χ1v) is 9.33. The van der Waals surface area contributed by atoms with E-state index >= 15 is 0 Å². The molecule has 0 spiro atoms. The van der Waals surface area contributed by atoms with Gasteiger partial charge in [-0.25, -0.2) is 4.79 Å². The van der Waals surface area contributed by atoms with Gasteiger partial charge in [0.2, 0.25) is 0 Å². The Morgan fingerprint density at radius 3 is 2.73 bits per heavy atom. The number of benzene rings is 1. The largest absolute Gasteiger partial charge is 0.325 e. The van der Waals surface area contributed by atoms with Gasteiger partial charge in [0.25, 0.3) is 5.91 Å². The van der Waals surface area contributed by atoms with Gasteiger partial charge in [-0.2, -0.15) is 0 Å². The van der Waals surface area contributed by atoms with Crippen molar-refractivity contribution in [1.29, 1.82) is 0 Å². The quantitative estimate of drug-likeness (QED) is 0.664. The molecule has 2 aliphatic carbocycles. The van der Waals surface area contributed by atoms with Crippen LogP contribution in [0.1, 0.15) is 25.3 Å². The second-order valence-electron chi connectivity index (χ2n) is 7.56. The van der Waals surface area contributed by atoms with E-state index in [1.807, 2.05) is 30.3 Å². The number of fused-ring (bicyclic) bond motifs is 1. The SMILES string of the molecule is CC1C=CC2C=CC(CC3NC(=O)N(Cc4ccccc4)C3=O)=CC2C1. The van der Waals surface area contributed by atoms with Crippen molar-refractivity contribution in [2.45, 2.75) is 32.4 Å². The zero-order valence-electron chi connectivity index (χ0n) is 15.0. The molecule has 3 amide bonds. The third kappa shape index (κ3) is 3.36. The summed E-state index contributed by atoms with van der Waals surface area (Å²) in [4.78, 5) is 26.3. The molecule has 4 rings (SSSR count). The molecule has 0 aromatic heterocycles. The number of hydrogen-bond donors (Lipinski definition) is 1. The molecule has 26 heavy (non-hydrogen) atoms. The minimum atomic E-state index is -0.463. The normalized spacial score (nSPS) is 30.2. The van der Waals surface area contributed by atoms with Crippen LogP contribution in [0.25, 0.3) is 0 Å². The summed E-state index contributed by atoms with van der Waals surface area (Å²) in [6.45, 7) is 2.56. The first kappa shape index (κ1) is 16.8. The fourth-order valence-electron chi connectivity index (χ4n) is 4.08. The lowest BCUT2D eigenvalue weighted by molar-refractivity contribution is -0.127. The highest BCUT2D eigenvalue weighted by Crippen LogP contribution is 2.35. The van der Waals surface area contributed by atoms with Gasteiger partial charge in [-0.3, -0.25) is 9.69 Å². The van der Waals surface area contributed by atoms with Gasteiger partial charge in [0.1, 0.15) is 6.04 Å². The highest BCUT2D eigenvalue weighted by atomic mass is 16.2. The Labute approximate surface area is 154 Å². The second-order valence-corrected chi connectivity index (χ2v) is 7.56. The predicted molar refractivity (Wildman–Crippen MR) is 101 cm³/mol. The van der Waals surface area contributed by atoms with E-state index in [2.05, 4.69) is 42.6 Å². The number of rotatable bonds is 4. The maximum atomic E-state index is 12.7. The molecule has 4 unspecified atom stereocenters. The Morgan fingerprint density at radius 1 is 1.12 bits per heavy atom. The van der Waals surface area contributed by atoms with Crippen molar-refractivity contribution in [2.75, 3.05) is 0 Å². The van der Waals surface area contributed by atoms with Crippen LogP contribution in [0.3, 0.4) is 0 Å². The van der Waals surface area contributed by atoms with Crippen molar-refractivity contribution < 1.29 is 9.59 Å². The van der Waals surface area contributed by atoms with Gasteiger partial charge in [0, 0.05) is 12.3 Å². The molecule has 4 atom stereocenters. The summed E-state index contributed by atoms with van der Waals surface area (Å²) in [5.74, 6) is 1.43. The number of nitrogens with one attached hydrogen (secondary N) is 1. The Kier molecular flexibility index (Phi) is 4.49. The van der Waals surface area contributed by atoms with Gasteiger partial charge in [0.05, 0.1) is 6.54 Å². The van der Waals surface area contributed by atoms with E-state index in [1.54, 1.807) is 0 Å². The molecule has 1 heterocycles. The number of allylic oxidation sites excluding steroid dienone is 5. The topological polar surface area (TPSA) is 49.4 Å². The predicted octanol–water partition coefficient (Wildman–Crippen LogP) is 3.82. The molecule has 4 heteroatoms. The molecule has 0 bridgehead atoms. The molecule has 1 fully saturated rings. The fraction of sp³-hybridized carbons (Fsp3) is 0.364. The van der Waals surface area contributed by atoms with E-state index in [0.717, 1.165) is 17.6 Å². The third-order valence-electron chi connectivity index (χ3n) is 5.49. The first-order chi connectivity index (χ1) is 12.6. The molecule has 1 saturated heterocycles. The van der Waals surface area contributed by atoms with E-state index in [1.165, 1.54) is 4.90 Å². The highest BCUT2D eigenvalue weighted by molar-refractivity contribution is 6.04. The molecule has 1 aromatic rings. The van der Waals surface area contributed by atoms with Crippen LogP contribution >= 0.6 is 0 Å². The van der Waals surface area contributed by atoms with Gasteiger partial charge < -0.3 is 5.32 Å². The Balaban J connectivity index is 1.43. The number of imide groups is 1. The second kappa shape index (κ2) is 6.94. The summed E-state index contributed by atoms with van der Waals surface area (Å²) in [6.07, 6.45) is 12.9. The molecule has 1 aliphatic heterocycles. The van der Waals surface area contributed by atoms with E-state index in [0.29, 0.717) is 30.7 Å². The molecule has 3 aliphatic rings. The van der Waals surface area contributed by atoms with Crippen molar-refractivity contribution in [3.63, 3.8) is 0 Å². The molecule has 4 nitrogen and oxygen atoms in total. The monoisotopic (exact) mass is 348 g/mol. The standard InChI is InChI=1S/C22H24N2O2/c1-15-7-9-18-10-8-17(12-19(18)11-15)13-20-21(25)24(22(26)23-20)14-16-5-3-2-4-6-16/h2-10,12,15,18-20H,11,13-14H2,1H3,(H,23,26). The van der Waals surface area contributed by atoms with Gasteiger partial charge >= 0.3 is 6.03 Å². The van der Waals surface area contributed by atoms with Gasteiger partial charge in [-0.05, 0) is 29.4 Å². The Morgan fingerprint density at radius 2 is 1.92 bits per heavy atom. The maximum absolute atomic E-state index is 12.7. The first-order valence-electron chi connectivity index (χ1n) is 9.33. The Bertz CT molecular complexity index is 794. The molecule has 1 aromatic carbocycles. The summed E-state index contributed by atoms with van der Waals surface area (Å²) in [5.41, 5.74) is 2.10. The number of hydrogen-bond acceptors (Lipinski definition) is 2. The van der Waals surface area contributed by atoms with Gasteiger partial charge in [0.15, 0.2) is 0 Å². The number of carbonyl (C=O) groups is 2. The zero-order chi connectivity index (χ0) is 18.1. The molecule has 0 radical (unpaired) electrons. The lowest BCUT2D eigenvalue weighted by Gasteiger charge is -2.30. The van der Waals surface area contributed by atoms with Crippen LogP contribution in [0.15, 0.2) is 66.3 Å². The summed E-state index contributed by atoms with van der Waals surface area (Å²) >= 11 is 0. The molecular weight excluding hydrogens is 324 g/mol. The van der Waals surface area contributed by atoms with Crippen LogP contribution in [-0.2, 0) is 11.3 Å². The average Bonchev–Trinajstić information content (AvgIpc) is 2.90. The summed E-state index contributed by atoms with van der Waals surface area (Å²) in [7, 11) is 0. The zero-order valence-corrected chi connectivity index (χ0v) is 15.0. The maximum Gasteiger partial charge on any atom is 0.325 e. The lowest BCUT2D eigenvalue weighted by atomic mass is 9.75. The van der Waals surface area contributed by atoms with E-state index in [4.69, 9.17) is 0 Å². The number of urea groups is 1. The molecule has 134 valence electrons. The van der Waals surface area contributed by atoms with Gasteiger partial charge in [-0.1, -0.05) is 67.6 Å². The van der Waals surface area contributed by atoms with Crippen LogP contribution in [0, 0.1) is 17.8 Å². The van der Waals surface area contributed by atoms with E-state index < -0.39 is 6.04 Å². The van der Waals surface area contributed by atoms with Crippen molar-refractivity contribution in [2.24, 2.45) is 17.8 Å². The van der Waals surface area contributed by atoms with E-state index in [-0.39, 0.29) is 11.9 Å². The highest BCUT2D eigenvalue weighted by Gasteiger charge is 2.38.